The molecule has 0 atom stereocenters. The maximum absolute atomic E-state index is 5.29. The van der Waals surface area contributed by atoms with Gasteiger partial charge in [-0.25, -0.2) is 9.50 Å². The van der Waals surface area contributed by atoms with E-state index in [0.29, 0.717) is 6.54 Å². The summed E-state index contributed by atoms with van der Waals surface area (Å²) in [5.74, 6) is 5.29. The van der Waals surface area contributed by atoms with Gasteiger partial charge >= 0.3 is 0 Å². The normalized spacial score (nSPS) is 11.1. The van der Waals surface area contributed by atoms with Crippen LogP contribution in [0.1, 0.15) is 11.4 Å². The number of nitrogens with one attached hydrogen (secondary N) is 1. The third-order valence-corrected chi connectivity index (χ3v) is 2.85. The maximum Gasteiger partial charge on any atom is 0.136 e. The number of hydrazine groups is 1. The highest BCUT2D eigenvalue weighted by atomic mass is 127. The SMILES string of the molecule is Cc1cc(I)c2c(CNN)ncnn12. The molecule has 3 N–H and O–H groups in total. The van der Waals surface area contributed by atoms with Crippen LogP contribution in [-0.2, 0) is 6.54 Å². The smallest absolute Gasteiger partial charge is 0.136 e. The van der Waals surface area contributed by atoms with E-state index in [1.54, 1.807) is 6.33 Å². The van der Waals surface area contributed by atoms with Gasteiger partial charge in [0.25, 0.3) is 0 Å². The van der Waals surface area contributed by atoms with Crippen molar-refractivity contribution in [1.82, 2.24) is 20.0 Å². The molecule has 0 spiro atoms. The second kappa shape index (κ2) is 3.79. The highest BCUT2D eigenvalue weighted by molar-refractivity contribution is 14.1. The first kappa shape index (κ1) is 9.81. The molecule has 0 fully saturated rings. The monoisotopic (exact) mass is 303 g/mol. The van der Waals surface area contributed by atoms with Crippen LogP contribution in [-0.4, -0.2) is 14.6 Å². The molecule has 0 aliphatic heterocycles. The second-order valence-electron chi connectivity index (χ2n) is 2.98. The van der Waals surface area contributed by atoms with E-state index in [-0.39, 0.29) is 0 Å². The van der Waals surface area contributed by atoms with E-state index < -0.39 is 0 Å². The zero-order valence-corrected chi connectivity index (χ0v) is 9.82. The third kappa shape index (κ3) is 1.49. The Kier molecular flexibility index (Phi) is 2.66. The molecule has 0 saturated heterocycles. The molecule has 0 radical (unpaired) electrons. The fraction of sp³-hybridized carbons (Fsp3) is 0.250. The first-order chi connectivity index (χ1) is 6.74. The predicted octanol–water partition coefficient (Wildman–Crippen LogP) is 0.606. The summed E-state index contributed by atoms with van der Waals surface area (Å²) in [6.07, 6.45) is 1.54. The van der Waals surface area contributed by atoms with Crippen molar-refractivity contribution in [2.75, 3.05) is 0 Å². The molecule has 6 heteroatoms. The lowest BCUT2D eigenvalue weighted by molar-refractivity contribution is 0.712. The number of fused-ring (bicyclic) bond motifs is 1. The van der Waals surface area contributed by atoms with Crippen molar-refractivity contribution < 1.29 is 0 Å². The van der Waals surface area contributed by atoms with Gasteiger partial charge in [-0.1, -0.05) is 0 Å². The molecule has 2 aromatic rings. The molecule has 0 bridgehead atoms. The Morgan fingerprint density at radius 3 is 3.14 bits per heavy atom. The minimum Gasteiger partial charge on any atom is -0.271 e. The summed E-state index contributed by atoms with van der Waals surface area (Å²) in [5.41, 5.74) is 5.66. The highest BCUT2D eigenvalue weighted by Crippen LogP contribution is 2.19. The lowest BCUT2D eigenvalue weighted by Crippen LogP contribution is -2.22. The molecule has 2 rings (SSSR count). The maximum atomic E-state index is 5.29. The molecule has 74 valence electrons. The van der Waals surface area contributed by atoms with Crippen molar-refractivity contribution in [1.29, 1.82) is 0 Å². The minimum atomic E-state index is 0.547. The molecule has 5 nitrogen and oxygen atoms in total. The summed E-state index contributed by atoms with van der Waals surface area (Å²) >= 11 is 2.27. The Morgan fingerprint density at radius 2 is 2.43 bits per heavy atom. The van der Waals surface area contributed by atoms with Crippen molar-refractivity contribution in [2.24, 2.45) is 5.84 Å². The Labute approximate surface area is 94.8 Å². The van der Waals surface area contributed by atoms with Crippen molar-refractivity contribution in [3.63, 3.8) is 0 Å². The lowest BCUT2D eigenvalue weighted by Gasteiger charge is -2.02. The summed E-state index contributed by atoms with van der Waals surface area (Å²) in [5, 5.41) is 4.18. The zero-order chi connectivity index (χ0) is 10.1. The van der Waals surface area contributed by atoms with E-state index in [0.717, 1.165) is 20.5 Å². The van der Waals surface area contributed by atoms with Gasteiger partial charge in [0.2, 0.25) is 0 Å². The Hall–Kier alpha value is -0.730. The summed E-state index contributed by atoms with van der Waals surface area (Å²) in [6, 6.07) is 2.07. The summed E-state index contributed by atoms with van der Waals surface area (Å²) in [6.45, 7) is 2.56. The average molecular weight is 303 g/mol. The standard InChI is InChI=1S/C8H10IN5/c1-5-2-6(9)8-7(3-12-10)11-4-13-14(5)8/h2,4,12H,3,10H2,1H3. The number of halogens is 1. The number of aryl methyl sites for hydroxylation is 1. The molecule has 0 saturated carbocycles. The summed E-state index contributed by atoms with van der Waals surface area (Å²) in [7, 11) is 0. The third-order valence-electron chi connectivity index (χ3n) is 2.03. The van der Waals surface area contributed by atoms with Gasteiger partial charge < -0.3 is 0 Å². The number of hydrogen-bond donors (Lipinski definition) is 2. The number of rotatable bonds is 2. The first-order valence-corrected chi connectivity index (χ1v) is 5.23. The Morgan fingerprint density at radius 1 is 1.64 bits per heavy atom. The molecule has 0 aliphatic carbocycles. The van der Waals surface area contributed by atoms with Crippen molar-refractivity contribution in [3.8, 4) is 0 Å². The van der Waals surface area contributed by atoms with Crippen LogP contribution < -0.4 is 11.3 Å². The van der Waals surface area contributed by atoms with Crippen molar-refractivity contribution in [2.45, 2.75) is 13.5 Å². The zero-order valence-electron chi connectivity index (χ0n) is 7.66. The fourth-order valence-corrected chi connectivity index (χ4v) is 2.42. The Balaban J connectivity index is 2.72. The van der Waals surface area contributed by atoms with Crippen molar-refractivity contribution >= 4 is 28.1 Å². The van der Waals surface area contributed by atoms with E-state index >= 15 is 0 Å². The molecular formula is C8H10IN5. The van der Waals surface area contributed by atoms with Crippen LogP contribution in [0.2, 0.25) is 0 Å². The molecule has 2 heterocycles. The van der Waals surface area contributed by atoms with E-state index in [1.807, 2.05) is 11.4 Å². The molecule has 14 heavy (non-hydrogen) atoms. The fourth-order valence-electron chi connectivity index (χ4n) is 1.43. The summed E-state index contributed by atoms with van der Waals surface area (Å²) < 4.78 is 3.02. The van der Waals surface area contributed by atoms with Crippen LogP contribution in [0.3, 0.4) is 0 Å². The van der Waals surface area contributed by atoms with Crippen LogP contribution in [0.4, 0.5) is 0 Å². The predicted molar refractivity (Wildman–Crippen MR) is 61.5 cm³/mol. The number of nitrogens with zero attached hydrogens (tertiary/aromatic N) is 3. The van der Waals surface area contributed by atoms with Crippen LogP contribution in [0.15, 0.2) is 12.4 Å². The topological polar surface area (TPSA) is 68.2 Å². The summed E-state index contributed by atoms with van der Waals surface area (Å²) in [4.78, 5) is 4.19. The van der Waals surface area contributed by atoms with E-state index in [2.05, 4.69) is 44.2 Å². The van der Waals surface area contributed by atoms with Crippen LogP contribution >= 0.6 is 22.6 Å². The van der Waals surface area contributed by atoms with E-state index in [1.165, 1.54) is 0 Å². The lowest BCUT2D eigenvalue weighted by atomic mass is 10.3. The molecule has 0 amide bonds. The van der Waals surface area contributed by atoms with E-state index in [9.17, 15) is 0 Å². The number of nitrogens with two attached hydrogens (primary N) is 1. The van der Waals surface area contributed by atoms with Crippen LogP contribution in [0.5, 0.6) is 0 Å². The van der Waals surface area contributed by atoms with Gasteiger partial charge in [-0.3, -0.25) is 11.3 Å². The van der Waals surface area contributed by atoms with Gasteiger partial charge in [-0.05, 0) is 35.6 Å². The first-order valence-electron chi connectivity index (χ1n) is 4.15. The quantitative estimate of drug-likeness (QED) is 0.484. The number of aromatic nitrogens is 3. The molecule has 0 aliphatic rings. The molecule has 0 unspecified atom stereocenters. The van der Waals surface area contributed by atoms with Crippen LogP contribution in [0, 0.1) is 10.5 Å². The average Bonchev–Trinajstić information content (AvgIpc) is 2.44. The molecule has 2 aromatic heterocycles. The van der Waals surface area contributed by atoms with Gasteiger partial charge in [0.1, 0.15) is 11.8 Å². The number of hydrogen-bond acceptors (Lipinski definition) is 4. The molecule has 0 aromatic carbocycles. The molecular weight excluding hydrogens is 293 g/mol. The van der Waals surface area contributed by atoms with Gasteiger partial charge in [0.15, 0.2) is 0 Å². The van der Waals surface area contributed by atoms with Gasteiger partial charge in [-0.2, -0.15) is 5.10 Å². The van der Waals surface area contributed by atoms with Gasteiger partial charge in [-0.15, -0.1) is 0 Å². The van der Waals surface area contributed by atoms with Gasteiger partial charge in [0.05, 0.1) is 12.2 Å². The van der Waals surface area contributed by atoms with Gasteiger partial charge in [0, 0.05) is 9.26 Å². The Bertz CT molecular complexity index is 464. The largest absolute Gasteiger partial charge is 0.271 e. The van der Waals surface area contributed by atoms with Crippen LogP contribution in [0.25, 0.3) is 5.52 Å². The van der Waals surface area contributed by atoms with Crippen molar-refractivity contribution in [3.05, 3.63) is 27.4 Å². The minimum absolute atomic E-state index is 0.547. The highest BCUT2D eigenvalue weighted by Gasteiger charge is 2.09. The second-order valence-corrected chi connectivity index (χ2v) is 4.14. The van der Waals surface area contributed by atoms with E-state index in [4.69, 9.17) is 5.84 Å².